The van der Waals surface area contributed by atoms with Crippen molar-refractivity contribution >= 4 is 34.6 Å². The van der Waals surface area contributed by atoms with Crippen molar-refractivity contribution < 1.29 is 9.59 Å². The van der Waals surface area contributed by atoms with Crippen LogP contribution in [-0.4, -0.2) is 50.1 Å². The first-order valence-corrected chi connectivity index (χ1v) is 10.9. The quantitative estimate of drug-likeness (QED) is 0.778. The van der Waals surface area contributed by atoms with Gasteiger partial charge in [0, 0.05) is 18.1 Å². The van der Waals surface area contributed by atoms with Gasteiger partial charge in [-0.05, 0) is 59.1 Å². The molecule has 3 rings (SSSR count). The highest BCUT2D eigenvalue weighted by molar-refractivity contribution is 7.99. The van der Waals surface area contributed by atoms with Crippen LogP contribution in [0.15, 0.2) is 29.4 Å². The van der Waals surface area contributed by atoms with E-state index >= 15 is 0 Å². The minimum atomic E-state index is -0.291. The highest BCUT2D eigenvalue weighted by atomic mass is 32.2. The van der Waals surface area contributed by atoms with Crippen molar-refractivity contribution in [3.8, 4) is 0 Å². The SMILES string of the molecule is C[C@@H]1CCCCN1C(=O)CSc1nc2ccccc2n1CC(=O)NC(C)(C)C. The van der Waals surface area contributed by atoms with Crippen LogP contribution in [0, 0.1) is 0 Å². The molecule has 2 aromatic rings. The van der Waals surface area contributed by atoms with Gasteiger partial charge in [0.25, 0.3) is 0 Å². The van der Waals surface area contributed by atoms with Crippen molar-refractivity contribution in [3.63, 3.8) is 0 Å². The molecule has 0 saturated carbocycles. The zero-order chi connectivity index (χ0) is 20.3. The van der Waals surface area contributed by atoms with Gasteiger partial charge in [-0.3, -0.25) is 9.59 Å². The van der Waals surface area contributed by atoms with Gasteiger partial charge < -0.3 is 14.8 Å². The van der Waals surface area contributed by atoms with Crippen molar-refractivity contribution in [2.75, 3.05) is 12.3 Å². The summed E-state index contributed by atoms with van der Waals surface area (Å²) in [5.74, 6) is 0.428. The van der Waals surface area contributed by atoms with Crippen LogP contribution in [0.3, 0.4) is 0 Å². The van der Waals surface area contributed by atoms with Gasteiger partial charge in [0.2, 0.25) is 11.8 Å². The first-order chi connectivity index (χ1) is 13.2. The molecule has 2 amide bonds. The zero-order valence-corrected chi connectivity index (χ0v) is 18.0. The highest BCUT2D eigenvalue weighted by Gasteiger charge is 2.24. The summed E-state index contributed by atoms with van der Waals surface area (Å²) in [5.41, 5.74) is 1.46. The monoisotopic (exact) mass is 402 g/mol. The number of likely N-dealkylation sites (tertiary alicyclic amines) is 1. The van der Waals surface area contributed by atoms with Crippen LogP contribution in [-0.2, 0) is 16.1 Å². The fraction of sp³-hybridized carbons (Fsp3) is 0.571. The lowest BCUT2D eigenvalue weighted by atomic mass is 10.0. The molecule has 0 spiro atoms. The Kier molecular flexibility index (Phi) is 6.33. The Hall–Kier alpha value is -2.02. The van der Waals surface area contributed by atoms with Crippen LogP contribution in [0.5, 0.6) is 0 Å². The van der Waals surface area contributed by atoms with Crippen LogP contribution in [0.4, 0.5) is 0 Å². The van der Waals surface area contributed by atoms with Gasteiger partial charge in [-0.15, -0.1) is 0 Å². The number of carbonyl (C=O) groups excluding carboxylic acids is 2. The minimum Gasteiger partial charge on any atom is -0.350 e. The van der Waals surface area contributed by atoms with Gasteiger partial charge in [-0.1, -0.05) is 23.9 Å². The number of amides is 2. The number of hydrogen-bond donors (Lipinski definition) is 1. The predicted molar refractivity (Wildman–Crippen MR) is 113 cm³/mol. The molecule has 1 aliphatic heterocycles. The van der Waals surface area contributed by atoms with Crippen LogP contribution in [0.25, 0.3) is 11.0 Å². The average Bonchev–Trinajstić information content (AvgIpc) is 2.96. The van der Waals surface area contributed by atoms with Crippen LogP contribution >= 0.6 is 11.8 Å². The Labute approximate surface area is 171 Å². The van der Waals surface area contributed by atoms with E-state index in [0.717, 1.165) is 30.4 Å². The molecule has 1 aromatic carbocycles. The smallest absolute Gasteiger partial charge is 0.240 e. The molecule has 1 aromatic heterocycles. The molecule has 28 heavy (non-hydrogen) atoms. The second-order valence-electron chi connectivity index (χ2n) is 8.49. The number of rotatable bonds is 5. The fourth-order valence-corrected chi connectivity index (χ4v) is 4.50. The van der Waals surface area contributed by atoms with Crippen molar-refractivity contribution in [2.24, 2.45) is 0 Å². The molecular formula is C21H30N4O2S. The first-order valence-electron chi connectivity index (χ1n) is 9.93. The third-order valence-corrected chi connectivity index (χ3v) is 5.84. The average molecular weight is 403 g/mol. The molecular weight excluding hydrogens is 372 g/mol. The van der Waals surface area contributed by atoms with E-state index in [1.165, 1.54) is 18.2 Å². The van der Waals surface area contributed by atoms with Crippen LogP contribution < -0.4 is 5.32 Å². The normalized spacial score (nSPS) is 17.7. The second-order valence-corrected chi connectivity index (χ2v) is 9.43. The summed E-state index contributed by atoms with van der Waals surface area (Å²) in [7, 11) is 0. The number of thioether (sulfide) groups is 1. The maximum atomic E-state index is 12.7. The summed E-state index contributed by atoms with van der Waals surface area (Å²) >= 11 is 1.42. The topological polar surface area (TPSA) is 67.2 Å². The zero-order valence-electron chi connectivity index (χ0n) is 17.2. The summed E-state index contributed by atoms with van der Waals surface area (Å²) < 4.78 is 1.91. The maximum absolute atomic E-state index is 12.7. The molecule has 6 nitrogen and oxygen atoms in total. The number of benzene rings is 1. The van der Waals surface area contributed by atoms with E-state index in [-0.39, 0.29) is 23.9 Å². The molecule has 1 fully saturated rings. The third-order valence-electron chi connectivity index (χ3n) is 4.88. The number of imidazole rings is 1. The molecule has 0 unspecified atom stereocenters. The van der Waals surface area contributed by atoms with E-state index in [9.17, 15) is 9.59 Å². The Bertz CT molecular complexity index is 856. The Balaban J connectivity index is 1.76. The standard InChI is InChI=1S/C21H30N4O2S/c1-15-9-7-8-12-24(15)19(27)14-28-20-22-16-10-5-6-11-17(16)25(20)13-18(26)23-21(2,3)4/h5-6,10-11,15H,7-9,12-14H2,1-4H3,(H,23,26)/t15-/m1/s1. The molecule has 152 valence electrons. The molecule has 2 heterocycles. The van der Waals surface area contributed by atoms with E-state index in [4.69, 9.17) is 0 Å². The van der Waals surface area contributed by atoms with Crippen LogP contribution in [0.2, 0.25) is 0 Å². The number of hydrogen-bond acceptors (Lipinski definition) is 4. The molecule has 0 radical (unpaired) electrons. The molecule has 0 aliphatic carbocycles. The number of para-hydroxylation sites is 2. The number of piperidine rings is 1. The summed E-state index contributed by atoms with van der Waals surface area (Å²) in [5, 5.41) is 3.71. The molecule has 0 bridgehead atoms. The highest BCUT2D eigenvalue weighted by Crippen LogP contribution is 2.25. The summed E-state index contributed by atoms with van der Waals surface area (Å²) in [6.45, 7) is 9.04. The van der Waals surface area contributed by atoms with Crippen molar-refractivity contribution in [2.45, 2.75) is 70.2 Å². The summed E-state index contributed by atoms with van der Waals surface area (Å²) in [6, 6.07) is 8.08. The van der Waals surface area contributed by atoms with Crippen LogP contribution in [0.1, 0.15) is 47.0 Å². The first kappa shape index (κ1) is 20.7. The Morgan fingerprint density at radius 1 is 1.25 bits per heavy atom. The molecule has 1 atom stereocenters. The van der Waals surface area contributed by atoms with E-state index in [0.29, 0.717) is 17.0 Å². The number of aromatic nitrogens is 2. The molecule has 1 aliphatic rings. The van der Waals surface area contributed by atoms with Gasteiger partial charge >= 0.3 is 0 Å². The van der Waals surface area contributed by atoms with Gasteiger partial charge in [0.05, 0.1) is 16.8 Å². The van der Waals surface area contributed by atoms with Gasteiger partial charge in [0.1, 0.15) is 6.54 Å². The fourth-order valence-electron chi connectivity index (χ4n) is 3.60. The van der Waals surface area contributed by atoms with E-state index in [1.807, 2.05) is 54.5 Å². The predicted octanol–water partition coefficient (Wildman–Crippen LogP) is 3.44. The largest absolute Gasteiger partial charge is 0.350 e. The molecule has 7 heteroatoms. The minimum absolute atomic E-state index is 0.0616. The second kappa shape index (κ2) is 8.55. The van der Waals surface area contributed by atoms with Gasteiger partial charge in [-0.25, -0.2) is 4.98 Å². The van der Waals surface area contributed by atoms with E-state index in [2.05, 4.69) is 17.2 Å². The van der Waals surface area contributed by atoms with Crippen molar-refractivity contribution in [1.82, 2.24) is 19.8 Å². The Morgan fingerprint density at radius 3 is 2.71 bits per heavy atom. The number of carbonyl (C=O) groups is 2. The third kappa shape index (κ3) is 5.07. The van der Waals surface area contributed by atoms with E-state index in [1.54, 1.807) is 0 Å². The van der Waals surface area contributed by atoms with E-state index < -0.39 is 0 Å². The Morgan fingerprint density at radius 2 is 2.00 bits per heavy atom. The number of nitrogens with zero attached hydrogens (tertiary/aromatic N) is 3. The maximum Gasteiger partial charge on any atom is 0.240 e. The lowest BCUT2D eigenvalue weighted by Crippen LogP contribution is -2.43. The lowest BCUT2D eigenvalue weighted by molar-refractivity contribution is -0.131. The lowest BCUT2D eigenvalue weighted by Gasteiger charge is -2.33. The number of nitrogens with one attached hydrogen (secondary N) is 1. The molecule has 1 N–H and O–H groups in total. The molecule has 1 saturated heterocycles. The van der Waals surface area contributed by atoms with Crippen molar-refractivity contribution in [3.05, 3.63) is 24.3 Å². The number of fused-ring (bicyclic) bond motifs is 1. The summed E-state index contributed by atoms with van der Waals surface area (Å²) in [6.07, 6.45) is 3.34. The summed E-state index contributed by atoms with van der Waals surface area (Å²) in [4.78, 5) is 31.9. The van der Waals surface area contributed by atoms with Gasteiger partial charge in [-0.2, -0.15) is 0 Å². The van der Waals surface area contributed by atoms with Crippen molar-refractivity contribution in [1.29, 1.82) is 0 Å². The van der Waals surface area contributed by atoms with Gasteiger partial charge in [0.15, 0.2) is 5.16 Å².